The molecule has 8 heteroatoms. The van der Waals surface area contributed by atoms with E-state index < -0.39 is 21.8 Å². The van der Waals surface area contributed by atoms with Gasteiger partial charge < -0.3 is 9.72 Å². The number of nitrogens with one attached hydrogen (secondary N) is 1. The molecule has 1 atom stereocenters. The van der Waals surface area contributed by atoms with Crippen molar-refractivity contribution in [1.82, 2.24) is 9.97 Å². The molecule has 0 fully saturated rings. The van der Waals surface area contributed by atoms with Crippen LogP contribution in [0.4, 0.5) is 4.39 Å². The summed E-state index contributed by atoms with van der Waals surface area (Å²) in [5, 5.41) is -0.0913. The normalized spacial score (nSPS) is 12.8. The van der Waals surface area contributed by atoms with E-state index in [0.717, 1.165) is 6.26 Å². The van der Waals surface area contributed by atoms with E-state index in [4.69, 9.17) is 16.3 Å². The third-order valence-corrected chi connectivity index (χ3v) is 4.76. The number of aromatic nitrogens is 2. The first-order valence-corrected chi connectivity index (χ1v) is 9.53. The predicted molar refractivity (Wildman–Crippen MR) is 92.0 cm³/mol. The number of rotatable bonds is 5. The quantitative estimate of drug-likeness (QED) is 0.731. The minimum absolute atomic E-state index is 0.0302. The number of benzene rings is 2. The standard InChI is InChI=1S/C17H14ClFN2O3S/c1-25(22,23)15-10-20-17(21-15)16(24-12-5-3-2-4-6-12)11-7-8-14(19)13(18)9-11/h2-10,16H,1H3,(H,20,21). The van der Waals surface area contributed by atoms with Gasteiger partial charge in [0, 0.05) is 11.8 Å². The minimum atomic E-state index is -3.45. The Kier molecular flexibility index (Phi) is 4.78. The van der Waals surface area contributed by atoms with Gasteiger partial charge in [-0.3, -0.25) is 0 Å². The van der Waals surface area contributed by atoms with Gasteiger partial charge in [-0.15, -0.1) is 0 Å². The van der Waals surface area contributed by atoms with Crippen LogP contribution >= 0.6 is 11.6 Å². The summed E-state index contributed by atoms with van der Waals surface area (Å²) < 4.78 is 42.8. The van der Waals surface area contributed by atoms with E-state index in [0.29, 0.717) is 11.3 Å². The van der Waals surface area contributed by atoms with E-state index in [-0.39, 0.29) is 15.9 Å². The SMILES string of the molecule is CS(=O)(=O)c1cnc(C(Oc2ccccc2)c2ccc(F)c(Cl)c2)[nH]1. The maximum atomic E-state index is 13.5. The van der Waals surface area contributed by atoms with Crippen molar-refractivity contribution in [3.8, 4) is 5.75 Å². The molecule has 3 aromatic rings. The second-order valence-corrected chi connectivity index (χ2v) is 7.78. The van der Waals surface area contributed by atoms with Gasteiger partial charge in [0.15, 0.2) is 26.8 Å². The van der Waals surface area contributed by atoms with Gasteiger partial charge >= 0.3 is 0 Å². The van der Waals surface area contributed by atoms with Crippen LogP contribution in [-0.2, 0) is 9.84 Å². The molecule has 0 radical (unpaired) electrons. The number of ether oxygens (including phenoxy) is 1. The molecule has 0 aliphatic heterocycles. The second kappa shape index (κ2) is 6.85. The lowest BCUT2D eigenvalue weighted by molar-refractivity contribution is 0.237. The third-order valence-electron chi connectivity index (χ3n) is 3.46. The van der Waals surface area contributed by atoms with Crippen LogP contribution in [0.15, 0.2) is 59.8 Å². The summed E-state index contributed by atoms with van der Waals surface area (Å²) in [4.78, 5) is 6.86. The smallest absolute Gasteiger partial charge is 0.192 e. The Morgan fingerprint density at radius 2 is 1.92 bits per heavy atom. The molecule has 0 bridgehead atoms. The second-order valence-electron chi connectivity index (χ2n) is 5.39. The van der Waals surface area contributed by atoms with Gasteiger partial charge in [-0.1, -0.05) is 35.9 Å². The van der Waals surface area contributed by atoms with Crippen molar-refractivity contribution in [3.05, 3.63) is 77.0 Å². The molecule has 5 nitrogen and oxygen atoms in total. The molecule has 25 heavy (non-hydrogen) atoms. The highest BCUT2D eigenvalue weighted by Crippen LogP contribution is 2.29. The molecular weight excluding hydrogens is 367 g/mol. The fourth-order valence-electron chi connectivity index (χ4n) is 2.23. The number of hydrogen-bond acceptors (Lipinski definition) is 4. The molecule has 0 saturated heterocycles. The molecule has 0 saturated carbocycles. The molecular formula is C17H14ClFN2O3S. The minimum Gasteiger partial charge on any atom is -0.478 e. The summed E-state index contributed by atoms with van der Waals surface area (Å²) in [5.74, 6) is 0.261. The van der Waals surface area contributed by atoms with Crippen LogP contribution in [0.2, 0.25) is 5.02 Å². The average molecular weight is 381 g/mol. The average Bonchev–Trinajstić information content (AvgIpc) is 3.06. The van der Waals surface area contributed by atoms with E-state index in [1.807, 2.05) is 6.07 Å². The van der Waals surface area contributed by atoms with Crippen LogP contribution in [0.1, 0.15) is 17.5 Å². The Bertz CT molecular complexity index is 990. The maximum absolute atomic E-state index is 13.5. The highest BCUT2D eigenvalue weighted by Gasteiger charge is 2.23. The number of para-hydroxylation sites is 1. The van der Waals surface area contributed by atoms with Crippen molar-refractivity contribution in [2.45, 2.75) is 11.1 Å². The van der Waals surface area contributed by atoms with E-state index in [2.05, 4.69) is 9.97 Å². The van der Waals surface area contributed by atoms with Crippen molar-refractivity contribution in [1.29, 1.82) is 0 Å². The summed E-state index contributed by atoms with van der Waals surface area (Å²) in [6.45, 7) is 0. The highest BCUT2D eigenvalue weighted by molar-refractivity contribution is 7.90. The molecule has 0 spiro atoms. The lowest BCUT2D eigenvalue weighted by Crippen LogP contribution is -2.12. The number of hydrogen-bond donors (Lipinski definition) is 1. The van der Waals surface area contributed by atoms with Crippen molar-refractivity contribution >= 4 is 21.4 Å². The van der Waals surface area contributed by atoms with E-state index >= 15 is 0 Å². The fourth-order valence-corrected chi connectivity index (χ4v) is 2.96. The van der Waals surface area contributed by atoms with Gasteiger partial charge in [0.05, 0.1) is 11.2 Å². The lowest BCUT2D eigenvalue weighted by Gasteiger charge is -2.18. The van der Waals surface area contributed by atoms with E-state index in [1.54, 1.807) is 24.3 Å². The number of aromatic amines is 1. The third kappa shape index (κ3) is 4.00. The molecule has 0 aliphatic carbocycles. The van der Waals surface area contributed by atoms with Crippen LogP contribution in [0.25, 0.3) is 0 Å². The summed E-state index contributed by atoms with van der Waals surface area (Å²) in [6, 6.07) is 13.1. The van der Waals surface area contributed by atoms with Gasteiger partial charge in [-0.05, 0) is 24.3 Å². The number of imidazole rings is 1. The fraction of sp³-hybridized carbons (Fsp3) is 0.118. The van der Waals surface area contributed by atoms with Crippen LogP contribution in [0.5, 0.6) is 5.75 Å². The van der Waals surface area contributed by atoms with Crippen LogP contribution in [0.3, 0.4) is 0 Å². The Morgan fingerprint density at radius 3 is 2.52 bits per heavy atom. The van der Waals surface area contributed by atoms with E-state index in [1.165, 1.54) is 24.4 Å². The monoisotopic (exact) mass is 380 g/mol. The summed E-state index contributed by atoms with van der Waals surface area (Å²) in [7, 11) is -3.45. The molecule has 2 aromatic carbocycles. The first-order chi connectivity index (χ1) is 11.8. The van der Waals surface area contributed by atoms with Gasteiger partial charge in [0.1, 0.15) is 11.6 Å². The number of sulfone groups is 1. The topological polar surface area (TPSA) is 72.1 Å². The number of H-pyrrole nitrogens is 1. The van der Waals surface area contributed by atoms with Gasteiger partial charge in [-0.25, -0.2) is 17.8 Å². The molecule has 3 rings (SSSR count). The highest BCUT2D eigenvalue weighted by atomic mass is 35.5. The predicted octanol–water partition coefficient (Wildman–Crippen LogP) is 3.77. The van der Waals surface area contributed by atoms with Crippen LogP contribution < -0.4 is 4.74 Å². The van der Waals surface area contributed by atoms with E-state index in [9.17, 15) is 12.8 Å². The molecule has 130 valence electrons. The Morgan fingerprint density at radius 1 is 1.20 bits per heavy atom. The summed E-state index contributed by atoms with van der Waals surface area (Å²) in [6.07, 6.45) is 1.51. The molecule has 0 aliphatic rings. The Labute approximate surface area is 149 Å². The van der Waals surface area contributed by atoms with Crippen molar-refractivity contribution in [2.24, 2.45) is 0 Å². The summed E-state index contributed by atoms with van der Waals surface area (Å²) >= 11 is 5.87. The van der Waals surface area contributed by atoms with Gasteiger partial charge in [-0.2, -0.15) is 0 Å². The lowest BCUT2D eigenvalue weighted by atomic mass is 10.1. The molecule has 1 N–H and O–H groups in total. The maximum Gasteiger partial charge on any atom is 0.192 e. The van der Waals surface area contributed by atoms with Crippen LogP contribution in [0, 0.1) is 5.82 Å². The summed E-state index contributed by atoms with van der Waals surface area (Å²) in [5.41, 5.74) is 0.532. The van der Waals surface area contributed by atoms with Crippen LogP contribution in [-0.4, -0.2) is 24.6 Å². The zero-order valence-corrected chi connectivity index (χ0v) is 14.7. The Balaban J connectivity index is 2.05. The first kappa shape index (κ1) is 17.4. The van der Waals surface area contributed by atoms with Crippen molar-refractivity contribution in [2.75, 3.05) is 6.26 Å². The van der Waals surface area contributed by atoms with Gasteiger partial charge in [0.2, 0.25) is 0 Å². The molecule has 1 unspecified atom stereocenters. The van der Waals surface area contributed by atoms with Gasteiger partial charge in [0.25, 0.3) is 0 Å². The first-order valence-electron chi connectivity index (χ1n) is 7.26. The van der Waals surface area contributed by atoms with Crippen molar-refractivity contribution in [3.63, 3.8) is 0 Å². The zero-order chi connectivity index (χ0) is 18.0. The zero-order valence-electron chi connectivity index (χ0n) is 13.1. The molecule has 1 heterocycles. The largest absolute Gasteiger partial charge is 0.478 e. The Hall–Kier alpha value is -2.38. The molecule has 1 aromatic heterocycles. The number of nitrogens with zero attached hydrogens (tertiary/aromatic N) is 1. The molecule has 0 amide bonds. The number of halogens is 2. The van der Waals surface area contributed by atoms with Crippen molar-refractivity contribution < 1.29 is 17.5 Å².